The minimum Gasteiger partial charge on any atom is -0.495 e. The summed E-state index contributed by atoms with van der Waals surface area (Å²) in [6, 6.07) is 5.97. The first-order chi connectivity index (χ1) is 7.60. The minimum atomic E-state index is 0.359. The van der Waals surface area contributed by atoms with E-state index in [0.717, 1.165) is 17.9 Å². The van der Waals surface area contributed by atoms with Crippen LogP contribution in [0.25, 0.3) is 0 Å². The number of anilines is 1. The average molecular weight is 243 g/mol. The van der Waals surface area contributed by atoms with Gasteiger partial charge in [-0.1, -0.05) is 11.6 Å². The smallest absolute Gasteiger partial charge is 0.142 e. The normalized spacial score (nSPS) is 12.3. The van der Waals surface area contributed by atoms with Crippen molar-refractivity contribution in [2.75, 3.05) is 25.6 Å². The molecule has 0 amide bonds. The molecule has 0 heterocycles. The topological polar surface area (TPSA) is 38.5 Å². The van der Waals surface area contributed by atoms with Crippen LogP contribution in [-0.4, -0.2) is 26.7 Å². The first kappa shape index (κ1) is 13.1. The maximum absolute atomic E-state index is 5.99. The van der Waals surface area contributed by atoms with Crippen molar-refractivity contribution in [3.63, 3.8) is 0 Å². The number of halogens is 1. The van der Waals surface area contributed by atoms with Gasteiger partial charge in [0.2, 0.25) is 0 Å². The molecule has 1 unspecified atom stereocenters. The molecule has 0 aromatic heterocycles. The molecule has 0 spiro atoms. The summed E-state index contributed by atoms with van der Waals surface area (Å²) >= 11 is 5.99. The van der Waals surface area contributed by atoms with Crippen molar-refractivity contribution < 1.29 is 4.74 Å². The number of methoxy groups -OCH3 is 1. The largest absolute Gasteiger partial charge is 0.495 e. The second kappa shape index (κ2) is 5.97. The first-order valence-corrected chi connectivity index (χ1v) is 5.74. The number of hydrogen-bond donors (Lipinski definition) is 1. The number of nitrogens with two attached hydrogens (primary N) is 1. The molecule has 1 atom stereocenters. The van der Waals surface area contributed by atoms with Gasteiger partial charge in [0.05, 0.1) is 12.8 Å². The molecule has 4 heteroatoms. The standard InChI is InChI=1S/C12H19ClN2O/c1-9(6-7-14)15(2)11-8-10(13)4-5-12(11)16-3/h4-5,8-9H,6-7,14H2,1-3H3. The molecule has 0 aliphatic heterocycles. The fraction of sp³-hybridized carbons (Fsp3) is 0.500. The predicted octanol–water partition coefficient (Wildman–Crippen LogP) is 2.52. The van der Waals surface area contributed by atoms with E-state index in [9.17, 15) is 0 Å². The molecule has 90 valence electrons. The molecule has 0 saturated carbocycles. The molecule has 0 bridgehead atoms. The zero-order valence-corrected chi connectivity index (χ0v) is 10.8. The Kier molecular flexibility index (Phi) is 4.90. The maximum Gasteiger partial charge on any atom is 0.142 e. The fourth-order valence-corrected chi connectivity index (χ4v) is 1.78. The van der Waals surface area contributed by atoms with Gasteiger partial charge in [0.15, 0.2) is 0 Å². The summed E-state index contributed by atoms with van der Waals surface area (Å²) in [6.07, 6.45) is 0.937. The van der Waals surface area contributed by atoms with E-state index in [1.165, 1.54) is 0 Å². The molecule has 0 radical (unpaired) electrons. The van der Waals surface area contributed by atoms with E-state index in [4.69, 9.17) is 22.1 Å². The van der Waals surface area contributed by atoms with Crippen LogP contribution in [-0.2, 0) is 0 Å². The van der Waals surface area contributed by atoms with Crippen LogP contribution in [0.1, 0.15) is 13.3 Å². The number of hydrogen-bond acceptors (Lipinski definition) is 3. The molecule has 0 aliphatic rings. The van der Waals surface area contributed by atoms with Crippen molar-refractivity contribution in [3.8, 4) is 5.75 Å². The van der Waals surface area contributed by atoms with Gasteiger partial charge in [-0.05, 0) is 38.1 Å². The Bertz CT molecular complexity index is 344. The monoisotopic (exact) mass is 242 g/mol. The van der Waals surface area contributed by atoms with Gasteiger partial charge in [-0.25, -0.2) is 0 Å². The summed E-state index contributed by atoms with van der Waals surface area (Å²) in [4.78, 5) is 2.14. The van der Waals surface area contributed by atoms with Crippen LogP contribution in [0.3, 0.4) is 0 Å². The number of rotatable bonds is 5. The number of nitrogens with zero attached hydrogens (tertiary/aromatic N) is 1. The van der Waals surface area contributed by atoms with Gasteiger partial charge >= 0.3 is 0 Å². The van der Waals surface area contributed by atoms with E-state index in [2.05, 4.69) is 11.8 Å². The lowest BCUT2D eigenvalue weighted by Gasteiger charge is -2.28. The van der Waals surface area contributed by atoms with Crippen LogP contribution in [0, 0.1) is 0 Å². The van der Waals surface area contributed by atoms with Gasteiger partial charge in [0.1, 0.15) is 5.75 Å². The van der Waals surface area contributed by atoms with Gasteiger partial charge < -0.3 is 15.4 Å². The third-order valence-electron chi connectivity index (χ3n) is 2.77. The van der Waals surface area contributed by atoms with Crippen molar-refractivity contribution in [1.29, 1.82) is 0 Å². The van der Waals surface area contributed by atoms with Gasteiger partial charge in [-0.3, -0.25) is 0 Å². The van der Waals surface area contributed by atoms with Crippen molar-refractivity contribution in [2.45, 2.75) is 19.4 Å². The van der Waals surface area contributed by atoms with Crippen LogP contribution >= 0.6 is 11.6 Å². The summed E-state index contributed by atoms with van der Waals surface area (Å²) in [6.45, 7) is 2.81. The summed E-state index contributed by atoms with van der Waals surface area (Å²) in [7, 11) is 3.68. The molecule has 0 saturated heterocycles. The lowest BCUT2D eigenvalue weighted by atomic mass is 10.2. The summed E-state index contributed by atoms with van der Waals surface area (Å²) < 4.78 is 5.32. The van der Waals surface area contributed by atoms with E-state index < -0.39 is 0 Å². The second-order valence-electron chi connectivity index (χ2n) is 3.85. The zero-order chi connectivity index (χ0) is 12.1. The predicted molar refractivity (Wildman–Crippen MR) is 69.5 cm³/mol. The molecule has 0 aliphatic carbocycles. The molecule has 3 nitrogen and oxygen atoms in total. The molecular weight excluding hydrogens is 224 g/mol. The third-order valence-corrected chi connectivity index (χ3v) is 3.00. The molecule has 0 fully saturated rings. The van der Waals surface area contributed by atoms with Crippen LogP contribution in [0.4, 0.5) is 5.69 Å². The Balaban J connectivity index is 2.96. The lowest BCUT2D eigenvalue weighted by molar-refractivity contribution is 0.413. The molecule has 2 N–H and O–H groups in total. The van der Waals surface area contributed by atoms with Crippen LogP contribution < -0.4 is 15.4 Å². The Morgan fingerprint density at radius 3 is 2.75 bits per heavy atom. The fourth-order valence-electron chi connectivity index (χ4n) is 1.61. The summed E-state index contributed by atoms with van der Waals surface area (Å²) in [5, 5.41) is 0.711. The molecular formula is C12H19ClN2O. The van der Waals surface area contributed by atoms with Gasteiger partial charge in [0, 0.05) is 18.1 Å². The van der Waals surface area contributed by atoms with Gasteiger partial charge in [-0.2, -0.15) is 0 Å². The molecule has 1 aromatic carbocycles. The first-order valence-electron chi connectivity index (χ1n) is 5.36. The highest BCUT2D eigenvalue weighted by molar-refractivity contribution is 6.30. The Labute approximate surface area is 102 Å². The molecule has 1 rings (SSSR count). The van der Waals surface area contributed by atoms with Crippen molar-refractivity contribution in [3.05, 3.63) is 23.2 Å². The molecule has 16 heavy (non-hydrogen) atoms. The van der Waals surface area contributed by atoms with E-state index in [1.807, 2.05) is 25.2 Å². The van der Waals surface area contributed by atoms with E-state index in [1.54, 1.807) is 7.11 Å². The highest BCUT2D eigenvalue weighted by Gasteiger charge is 2.14. The van der Waals surface area contributed by atoms with Crippen molar-refractivity contribution >= 4 is 17.3 Å². The van der Waals surface area contributed by atoms with E-state index >= 15 is 0 Å². The summed E-state index contributed by atoms with van der Waals surface area (Å²) in [5.41, 5.74) is 6.56. The zero-order valence-electron chi connectivity index (χ0n) is 10.0. The summed E-state index contributed by atoms with van der Waals surface area (Å²) in [5.74, 6) is 0.829. The van der Waals surface area contributed by atoms with Gasteiger partial charge in [0.25, 0.3) is 0 Å². The Hall–Kier alpha value is -0.930. The lowest BCUT2D eigenvalue weighted by Crippen LogP contribution is -2.31. The maximum atomic E-state index is 5.99. The van der Waals surface area contributed by atoms with Crippen LogP contribution in [0.2, 0.25) is 5.02 Å². The van der Waals surface area contributed by atoms with Crippen LogP contribution in [0.5, 0.6) is 5.75 Å². The highest BCUT2D eigenvalue weighted by atomic mass is 35.5. The quantitative estimate of drug-likeness (QED) is 0.863. The van der Waals surface area contributed by atoms with Gasteiger partial charge in [-0.15, -0.1) is 0 Å². The minimum absolute atomic E-state index is 0.359. The number of ether oxygens (including phenoxy) is 1. The van der Waals surface area contributed by atoms with E-state index in [0.29, 0.717) is 17.6 Å². The third kappa shape index (κ3) is 3.03. The Morgan fingerprint density at radius 2 is 2.19 bits per heavy atom. The number of benzene rings is 1. The van der Waals surface area contributed by atoms with Crippen molar-refractivity contribution in [1.82, 2.24) is 0 Å². The highest BCUT2D eigenvalue weighted by Crippen LogP contribution is 2.31. The van der Waals surface area contributed by atoms with Crippen molar-refractivity contribution in [2.24, 2.45) is 5.73 Å². The average Bonchev–Trinajstić information content (AvgIpc) is 2.28. The molecule has 1 aromatic rings. The SMILES string of the molecule is COc1ccc(Cl)cc1N(C)C(C)CCN. The van der Waals surface area contributed by atoms with E-state index in [-0.39, 0.29) is 0 Å². The second-order valence-corrected chi connectivity index (χ2v) is 4.29. The Morgan fingerprint density at radius 1 is 1.50 bits per heavy atom. The van der Waals surface area contributed by atoms with Crippen LogP contribution in [0.15, 0.2) is 18.2 Å².